The number of ether oxygens (including phenoxy) is 1. The number of piperidine rings is 1. The molecule has 3 aromatic carbocycles. The molecule has 4 aromatic rings. The van der Waals surface area contributed by atoms with Crippen LogP contribution in [0.4, 0.5) is 11.5 Å². The van der Waals surface area contributed by atoms with Gasteiger partial charge in [0, 0.05) is 22.6 Å². The van der Waals surface area contributed by atoms with Gasteiger partial charge in [-0.05, 0) is 86.9 Å². The normalized spacial score (nSPS) is 13.8. The molecule has 5 nitrogen and oxygen atoms in total. The molecule has 0 spiro atoms. The molecule has 1 fully saturated rings. The SMILES string of the molecule is Cc1cc(Nc2ncnc3ccc(C#CC4CCNCC4)cc23)ccc1Oc1ccccc1. The maximum absolute atomic E-state index is 6.00. The lowest BCUT2D eigenvalue weighted by atomic mass is 9.98. The summed E-state index contributed by atoms with van der Waals surface area (Å²) in [4.78, 5) is 8.93. The van der Waals surface area contributed by atoms with E-state index in [9.17, 15) is 0 Å². The fraction of sp³-hybridized carbons (Fsp3) is 0.214. The Morgan fingerprint density at radius 2 is 1.82 bits per heavy atom. The zero-order valence-electron chi connectivity index (χ0n) is 18.6. The Bertz CT molecular complexity index is 1320. The maximum atomic E-state index is 6.00. The molecule has 1 saturated heterocycles. The molecule has 0 aliphatic carbocycles. The second-order valence-corrected chi connectivity index (χ2v) is 8.27. The van der Waals surface area contributed by atoms with Crippen molar-refractivity contribution in [3.05, 3.63) is 84.2 Å². The summed E-state index contributed by atoms with van der Waals surface area (Å²) < 4.78 is 6.00. The van der Waals surface area contributed by atoms with Crippen LogP contribution in [0.5, 0.6) is 11.5 Å². The first-order valence-corrected chi connectivity index (χ1v) is 11.3. The van der Waals surface area contributed by atoms with Crippen molar-refractivity contribution in [3.8, 4) is 23.3 Å². The number of fused-ring (bicyclic) bond motifs is 1. The Morgan fingerprint density at radius 1 is 0.970 bits per heavy atom. The van der Waals surface area contributed by atoms with Crippen molar-refractivity contribution in [1.29, 1.82) is 0 Å². The molecule has 0 amide bonds. The number of nitrogens with zero attached hydrogens (tertiary/aromatic N) is 2. The molecular formula is C28H26N4O. The maximum Gasteiger partial charge on any atom is 0.141 e. The highest BCUT2D eigenvalue weighted by Crippen LogP contribution is 2.30. The van der Waals surface area contributed by atoms with Crippen LogP contribution in [0.15, 0.2) is 73.1 Å². The van der Waals surface area contributed by atoms with Gasteiger partial charge in [0.25, 0.3) is 0 Å². The number of hydrogen-bond acceptors (Lipinski definition) is 5. The van der Waals surface area contributed by atoms with Gasteiger partial charge in [-0.2, -0.15) is 0 Å². The molecule has 1 aliphatic heterocycles. The van der Waals surface area contributed by atoms with Gasteiger partial charge < -0.3 is 15.4 Å². The summed E-state index contributed by atoms with van der Waals surface area (Å²) in [7, 11) is 0. The Kier molecular flexibility index (Phi) is 6.19. The molecule has 5 heteroatoms. The summed E-state index contributed by atoms with van der Waals surface area (Å²) in [5.41, 5.74) is 3.86. The third kappa shape index (κ3) is 5.14. The number of nitrogens with one attached hydrogen (secondary N) is 2. The molecule has 1 aliphatic rings. The van der Waals surface area contributed by atoms with Gasteiger partial charge in [-0.25, -0.2) is 9.97 Å². The first-order valence-electron chi connectivity index (χ1n) is 11.3. The standard InChI is InChI=1S/C28H26N4O/c1-20-17-23(10-12-27(20)33-24-5-3-2-4-6-24)32-28-25-18-22(9-11-26(25)30-19-31-28)8-7-21-13-15-29-16-14-21/h2-6,9-12,17-19,21,29H,13-16H2,1H3,(H,30,31,32). The molecule has 0 unspecified atom stereocenters. The topological polar surface area (TPSA) is 59.1 Å². The number of benzene rings is 3. The highest BCUT2D eigenvalue weighted by molar-refractivity contribution is 5.91. The van der Waals surface area contributed by atoms with Crippen LogP contribution in [-0.2, 0) is 0 Å². The van der Waals surface area contributed by atoms with E-state index < -0.39 is 0 Å². The van der Waals surface area contributed by atoms with E-state index in [-0.39, 0.29) is 0 Å². The highest BCUT2D eigenvalue weighted by atomic mass is 16.5. The molecule has 0 saturated carbocycles. The summed E-state index contributed by atoms with van der Waals surface area (Å²) in [5.74, 6) is 9.68. The van der Waals surface area contributed by atoms with Gasteiger partial charge in [-0.15, -0.1) is 0 Å². The Morgan fingerprint density at radius 3 is 2.64 bits per heavy atom. The molecule has 0 atom stereocenters. The average Bonchev–Trinajstić information content (AvgIpc) is 2.86. The van der Waals surface area contributed by atoms with Crippen LogP contribution in [0.3, 0.4) is 0 Å². The highest BCUT2D eigenvalue weighted by Gasteiger charge is 2.10. The fourth-order valence-corrected chi connectivity index (χ4v) is 3.98. The molecule has 1 aromatic heterocycles. The minimum atomic E-state index is 0.464. The largest absolute Gasteiger partial charge is 0.457 e. The van der Waals surface area contributed by atoms with Gasteiger partial charge in [0.2, 0.25) is 0 Å². The van der Waals surface area contributed by atoms with Crippen molar-refractivity contribution < 1.29 is 4.74 Å². The number of aromatic nitrogens is 2. The van der Waals surface area contributed by atoms with E-state index in [1.807, 2.05) is 61.5 Å². The van der Waals surface area contributed by atoms with Crippen LogP contribution in [-0.4, -0.2) is 23.1 Å². The van der Waals surface area contributed by atoms with E-state index in [1.165, 1.54) is 0 Å². The average molecular weight is 435 g/mol. The second kappa shape index (κ2) is 9.72. The quantitative estimate of drug-likeness (QED) is 0.396. The Balaban J connectivity index is 1.38. The van der Waals surface area contributed by atoms with Crippen molar-refractivity contribution in [2.75, 3.05) is 18.4 Å². The van der Waals surface area contributed by atoms with Gasteiger partial charge in [-0.3, -0.25) is 0 Å². The van der Waals surface area contributed by atoms with Crippen molar-refractivity contribution in [3.63, 3.8) is 0 Å². The van der Waals surface area contributed by atoms with Crippen molar-refractivity contribution in [1.82, 2.24) is 15.3 Å². The first-order chi connectivity index (χ1) is 16.2. The van der Waals surface area contributed by atoms with Crippen molar-refractivity contribution >= 4 is 22.4 Å². The molecule has 2 heterocycles. The van der Waals surface area contributed by atoms with Crippen LogP contribution in [0.1, 0.15) is 24.0 Å². The molecule has 0 radical (unpaired) electrons. The predicted molar refractivity (Wildman–Crippen MR) is 133 cm³/mol. The third-order valence-electron chi connectivity index (χ3n) is 5.80. The summed E-state index contributed by atoms with van der Waals surface area (Å²) in [6, 6.07) is 22.0. The van der Waals surface area contributed by atoms with E-state index in [0.29, 0.717) is 5.92 Å². The van der Waals surface area contributed by atoms with Crippen LogP contribution in [0.2, 0.25) is 0 Å². The summed E-state index contributed by atoms with van der Waals surface area (Å²) in [6.45, 7) is 4.14. The zero-order chi connectivity index (χ0) is 22.5. The minimum Gasteiger partial charge on any atom is -0.457 e. The van der Waals surface area contributed by atoms with Crippen molar-refractivity contribution in [2.45, 2.75) is 19.8 Å². The summed E-state index contributed by atoms with van der Waals surface area (Å²) in [6.07, 6.45) is 3.81. The summed E-state index contributed by atoms with van der Waals surface area (Å²) in [5, 5.41) is 7.79. The van der Waals surface area contributed by atoms with E-state index in [0.717, 1.165) is 71.0 Å². The van der Waals surface area contributed by atoms with Crippen LogP contribution in [0.25, 0.3) is 10.9 Å². The van der Waals surface area contributed by atoms with Gasteiger partial charge in [0.1, 0.15) is 23.6 Å². The summed E-state index contributed by atoms with van der Waals surface area (Å²) >= 11 is 0. The molecule has 164 valence electrons. The van der Waals surface area contributed by atoms with E-state index in [1.54, 1.807) is 6.33 Å². The zero-order valence-corrected chi connectivity index (χ0v) is 18.6. The van der Waals surface area contributed by atoms with Crippen LogP contribution in [0, 0.1) is 24.7 Å². The molecular weight excluding hydrogens is 408 g/mol. The lowest BCUT2D eigenvalue weighted by molar-refractivity contribution is 0.447. The van der Waals surface area contributed by atoms with Crippen molar-refractivity contribution in [2.24, 2.45) is 5.92 Å². The Hall–Kier alpha value is -3.88. The predicted octanol–water partition coefficient (Wildman–Crippen LogP) is 5.83. The van der Waals surface area contributed by atoms with Gasteiger partial charge >= 0.3 is 0 Å². The van der Waals surface area contributed by atoms with Gasteiger partial charge in [-0.1, -0.05) is 30.0 Å². The van der Waals surface area contributed by atoms with Crippen LogP contribution < -0.4 is 15.4 Å². The van der Waals surface area contributed by atoms with E-state index in [2.05, 4.69) is 44.6 Å². The number of rotatable bonds is 4. The molecule has 33 heavy (non-hydrogen) atoms. The molecule has 5 rings (SSSR count). The number of para-hydroxylation sites is 1. The smallest absolute Gasteiger partial charge is 0.141 e. The van der Waals surface area contributed by atoms with E-state index >= 15 is 0 Å². The fourth-order valence-electron chi connectivity index (χ4n) is 3.98. The van der Waals surface area contributed by atoms with Gasteiger partial charge in [0.15, 0.2) is 0 Å². The monoisotopic (exact) mass is 434 g/mol. The number of hydrogen-bond donors (Lipinski definition) is 2. The van der Waals surface area contributed by atoms with Gasteiger partial charge in [0.05, 0.1) is 5.52 Å². The van der Waals surface area contributed by atoms with Crippen LogP contribution >= 0.6 is 0 Å². The number of aryl methyl sites for hydroxylation is 1. The first kappa shape index (κ1) is 21.0. The lowest BCUT2D eigenvalue weighted by Gasteiger charge is -2.17. The molecule has 2 N–H and O–H groups in total. The lowest BCUT2D eigenvalue weighted by Crippen LogP contribution is -2.26. The minimum absolute atomic E-state index is 0.464. The van der Waals surface area contributed by atoms with E-state index in [4.69, 9.17) is 4.74 Å². The second-order valence-electron chi connectivity index (χ2n) is 8.27. The molecule has 0 bridgehead atoms. The number of anilines is 2. The Labute approximate surface area is 194 Å². The third-order valence-corrected chi connectivity index (χ3v) is 5.80.